The molecular formula is C11H6Cl2FN. The number of rotatable bonds is 1. The van der Waals surface area contributed by atoms with E-state index in [-0.39, 0.29) is 0 Å². The highest BCUT2D eigenvalue weighted by Gasteiger charge is 2.10. The molecule has 76 valence electrons. The van der Waals surface area contributed by atoms with Gasteiger partial charge in [-0.1, -0.05) is 35.3 Å². The number of benzene rings is 1. The van der Waals surface area contributed by atoms with Crippen LogP contribution in [0.1, 0.15) is 0 Å². The van der Waals surface area contributed by atoms with Crippen LogP contribution in [0.2, 0.25) is 10.0 Å². The summed E-state index contributed by atoms with van der Waals surface area (Å²) in [4.78, 5) is 3.67. The molecule has 0 fully saturated rings. The lowest BCUT2D eigenvalue weighted by Crippen LogP contribution is -1.86. The van der Waals surface area contributed by atoms with Crippen LogP contribution in [0.25, 0.3) is 11.1 Å². The quantitative estimate of drug-likeness (QED) is 0.730. The lowest BCUT2D eigenvalue weighted by molar-refractivity contribution is 0.625. The molecule has 1 aromatic heterocycles. The molecule has 0 saturated carbocycles. The van der Waals surface area contributed by atoms with Crippen molar-refractivity contribution in [2.75, 3.05) is 0 Å². The van der Waals surface area contributed by atoms with Crippen LogP contribution in [0.3, 0.4) is 0 Å². The van der Waals surface area contributed by atoms with Gasteiger partial charge in [0.05, 0.1) is 16.2 Å². The van der Waals surface area contributed by atoms with Crippen LogP contribution in [-0.2, 0) is 0 Å². The van der Waals surface area contributed by atoms with Crippen LogP contribution in [0, 0.1) is 5.82 Å². The van der Waals surface area contributed by atoms with Crippen molar-refractivity contribution in [3.63, 3.8) is 0 Å². The van der Waals surface area contributed by atoms with E-state index >= 15 is 0 Å². The van der Waals surface area contributed by atoms with Gasteiger partial charge in [-0.05, 0) is 12.1 Å². The molecule has 0 saturated heterocycles. The molecule has 0 aliphatic carbocycles. The Bertz CT molecular complexity index is 500. The zero-order valence-electron chi connectivity index (χ0n) is 7.55. The van der Waals surface area contributed by atoms with Gasteiger partial charge < -0.3 is 0 Å². The van der Waals surface area contributed by atoms with Crippen molar-refractivity contribution >= 4 is 23.2 Å². The number of halogens is 3. The number of hydrogen-bond donors (Lipinski definition) is 0. The van der Waals surface area contributed by atoms with Crippen LogP contribution in [-0.4, -0.2) is 4.98 Å². The molecule has 2 aromatic rings. The van der Waals surface area contributed by atoms with E-state index in [0.717, 1.165) is 6.20 Å². The Labute approximate surface area is 96.5 Å². The van der Waals surface area contributed by atoms with Gasteiger partial charge in [0.1, 0.15) is 5.82 Å². The molecule has 0 amide bonds. The Kier molecular flexibility index (Phi) is 2.89. The highest BCUT2D eigenvalue weighted by atomic mass is 35.5. The first kappa shape index (κ1) is 10.4. The molecule has 15 heavy (non-hydrogen) atoms. The summed E-state index contributed by atoms with van der Waals surface area (Å²) in [6, 6.07) is 6.66. The predicted molar refractivity (Wildman–Crippen MR) is 59.7 cm³/mol. The van der Waals surface area contributed by atoms with Crippen LogP contribution in [0.4, 0.5) is 4.39 Å². The molecule has 1 heterocycles. The molecule has 0 unspecified atom stereocenters. The summed E-state index contributed by atoms with van der Waals surface area (Å²) in [7, 11) is 0. The van der Waals surface area contributed by atoms with Gasteiger partial charge >= 0.3 is 0 Å². The summed E-state index contributed by atoms with van der Waals surface area (Å²) in [5, 5.41) is 0.759. The fourth-order valence-corrected chi connectivity index (χ4v) is 1.71. The third-order valence-electron chi connectivity index (χ3n) is 2.01. The van der Waals surface area contributed by atoms with E-state index in [2.05, 4.69) is 4.98 Å². The Morgan fingerprint density at radius 2 is 1.87 bits per heavy atom. The van der Waals surface area contributed by atoms with E-state index in [1.54, 1.807) is 24.3 Å². The van der Waals surface area contributed by atoms with Crippen LogP contribution < -0.4 is 0 Å². The molecule has 0 atom stereocenters. The van der Waals surface area contributed by atoms with Gasteiger partial charge in [-0.3, -0.25) is 4.98 Å². The maximum absolute atomic E-state index is 13.4. The molecule has 0 radical (unpaired) electrons. The second-order valence-electron chi connectivity index (χ2n) is 2.96. The second-order valence-corrected chi connectivity index (χ2v) is 3.74. The lowest BCUT2D eigenvalue weighted by atomic mass is 10.1. The molecule has 1 nitrogen and oxygen atoms in total. The normalized spacial score (nSPS) is 10.3. The lowest BCUT2D eigenvalue weighted by Gasteiger charge is -2.06. The first-order chi connectivity index (χ1) is 7.20. The highest BCUT2D eigenvalue weighted by molar-refractivity contribution is 6.43. The standard InChI is InChI=1S/C11H6Cl2FN/c12-9-3-1-2-8(11(9)13)7-4-5-15-6-10(7)14/h1-6H. The summed E-state index contributed by atoms with van der Waals surface area (Å²) >= 11 is 11.8. The summed E-state index contributed by atoms with van der Waals surface area (Å²) < 4.78 is 13.4. The highest BCUT2D eigenvalue weighted by Crippen LogP contribution is 2.34. The smallest absolute Gasteiger partial charge is 0.149 e. The van der Waals surface area contributed by atoms with Gasteiger partial charge in [0.15, 0.2) is 0 Å². The van der Waals surface area contributed by atoms with E-state index < -0.39 is 5.82 Å². The van der Waals surface area contributed by atoms with Crippen molar-refractivity contribution in [1.29, 1.82) is 0 Å². The third kappa shape index (κ3) is 1.96. The number of aromatic nitrogens is 1. The first-order valence-electron chi connectivity index (χ1n) is 4.24. The number of hydrogen-bond acceptors (Lipinski definition) is 1. The largest absolute Gasteiger partial charge is 0.262 e. The Morgan fingerprint density at radius 3 is 2.60 bits per heavy atom. The van der Waals surface area contributed by atoms with Crippen molar-refractivity contribution in [1.82, 2.24) is 4.98 Å². The second kappa shape index (κ2) is 4.17. The van der Waals surface area contributed by atoms with Crippen molar-refractivity contribution in [2.45, 2.75) is 0 Å². The monoisotopic (exact) mass is 241 g/mol. The maximum atomic E-state index is 13.4. The van der Waals surface area contributed by atoms with Gasteiger partial charge in [0, 0.05) is 17.3 Å². The van der Waals surface area contributed by atoms with Crippen LogP contribution in [0.15, 0.2) is 36.7 Å². The minimum Gasteiger partial charge on any atom is -0.262 e. The van der Waals surface area contributed by atoms with E-state index in [4.69, 9.17) is 23.2 Å². The molecule has 4 heteroatoms. The van der Waals surface area contributed by atoms with Crippen molar-refractivity contribution in [2.24, 2.45) is 0 Å². The fraction of sp³-hybridized carbons (Fsp3) is 0. The Hall–Kier alpha value is -1.12. The minimum absolute atomic E-state index is 0.351. The van der Waals surface area contributed by atoms with E-state index in [1.807, 2.05) is 0 Å². The molecule has 0 bridgehead atoms. The molecule has 0 N–H and O–H groups in total. The van der Waals surface area contributed by atoms with Crippen molar-refractivity contribution in [3.8, 4) is 11.1 Å². The summed E-state index contributed by atoms with van der Waals surface area (Å²) in [6.45, 7) is 0. The zero-order valence-corrected chi connectivity index (χ0v) is 9.06. The number of nitrogens with zero attached hydrogens (tertiary/aromatic N) is 1. The molecule has 1 aromatic carbocycles. The van der Waals surface area contributed by atoms with E-state index in [0.29, 0.717) is 21.2 Å². The molecule has 0 aliphatic rings. The van der Waals surface area contributed by atoms with E-state index in [1.165, 1.54) is 6.20 Å². The third-order valence-corrected chi connectivity index (χ3v) is 2.83. The van der Waals surface area contributed by atoms with Gasteiger partial charge in [0.2, 0.25) is 0 Å². The summed E-state index contributed by atoms with van der Waals surface area (Å²) in [5.41, 5.74) is 0.974. The molecular weight excluding hydrogens is 236 g/mol. The van der Waals surface area contributed by atoms with Gasteiger partial charge in [-0.15, -0.1) is 0 Å². The van der Waals surface area contributed by atoms with Crippen molar-refractivity contribution in [3.05, 3.63) is 52.5 Å². The summed E-state index contributed by atoms with van der Waals surface area (Å²) in [5.74, 6) is -0.415. The van der Waals surface area contributed by atoms with Gasteiger partial charge in [0.25, 0.3) is 0 Å². The first-order valence-corrected chi connectivity index (χ1v) is 4.99. The van der Waals surface area contributed by atoms with Crippen LogP contribution in [0.5, 0.6) is 0 Å². The van der Waals surface area contributed by atoms with Gasteiger partial charge in [-0.2, -0.15) is 0 Å². The van der Waals surface area contributed by atoms with Gasteiger partial charge in [-0.25, -0.2) is 4.39 Å². The molecule has 0 spiro atoms. The Balaban J connectivity index is 2.65. The molecule has 2 rings (SSSR count). The predicted octanol–water partition coefficient (Wildman–Crippen LogP) is 4.19. The van der Waals surface area contributed by atoms with Crippen LogP contribution >= 0.6 is 23.2 Å². The maximum Gasteiger partial charge on any atom is 0.149 e. The summed E-state index contributed by atoms with van der Waals surface area (Å²) in [6.07, 6.45) is 2.65. The number of pyridine rings is 1. The SMILES string of the molecule is Fc1cnccc1-c1cccc(Cl)c1Cl. The van der Waals surface area contributed by atoms with Crippen molar-refractivity contribution < 1.29 is 4.39 Å². The topological polar surface area (TPSA) is 12.9 Å². The average Bonchev–Trinajstić information content (AvgIpc) is 2.23. The average molecular weight is 242 g/mol. The zero-order chi connectivity index (χ0) is 10.8. The molecule has 0 aliphatic heterocycles. The Morgan fingerprint density at radius 1 is 1.07 bits per heavy atom. The minimum atomic E-state index is -0.415. The van der Waals surface area contributed by atoms with E-state index in [9.17, 15) is 4.39 Å². The fourth-order valence-electron chi connectivity index (χ4n) is 1.31.